The van der Waals surface area contributed by atoms with Crippen LogP contribution < -0.4 is 14.4 Å². The molecule has 0 saturated carbocycles. The second-order valence-corrected chi connectivity index (χ2v) is 7.89. The minimum absolute atomic E-state index is 0.332. The number of ether oxygens (including phenoxy) is 2. The summed E-state index contributed by atoms with van der Waals surface area (Å²) >= 11 is 0. The fraction of sp³-hybridized carbons (Fsp3) is 0.308. The molecule has 0 radical (unpaired) electrons. The molecule has 0 atom stereocenters. The Balaban J connectivity index is 1.43. The van der Waals surface area contributed by atoms with Crippen molar-refractivity contribution in [3.05, 3.63) is 71.2 Å². The van der Waals surface area contributed by atoms with E-state index in [4.69, 9.17) is 13.9 Å². The summed E-state index contributed by atoms with van der Waals surface area (Å²) in [5.74, 6) is 2.95. The monoisotopic (exact) mass is 429 g/mol. The summed E-state index contributed by atoms with van der Waals surface area (Å²) in [6.07, 6.45) is 6.88. The van der Waals surface area contributed by atoms with E-state index in [0.29, 0.717) is 34.9 Å². The van der Waals surface area contributed by atoms with E-state index in [9.17, 15) is 5.26 Å². The van der Waals surface area contributed by atoms with Gasteiger partial charge in [-0.25, -0.2) is 0 Å². The Kier molecular flexibility index (Phi) is 6.76. The van der Waals surface area contributed by atoms with Crippen LogP contribution in [0.2, 0.25) is 0 Å². The van der Waals surface area contributed by atoms with Gasteiger partial charge in [0, 0.05) is 19.2 Å². The van der Waals surface area contributed by atoms with E-state index in [1.807, 2.05) is 24.3 Å². The lowest BCUT2D eigenvalue weighted by Gasteiger charge is -2.31. The first-order valence-corrected chi connectivity index (χ1v) is 10.8. The number of piperidine rings is 1. The number of nitriles is 1. The van der Waals surface area contributed by atoms with Crippen molar-refractivity contribution in [1.29, 1.82) is 5.26 Å². The van der Waals surface area contributed by atoms with Crippen molar-refractivity contribution in [1.82, 2.24) is 4.98 Å². The maximum absolute atomic E-state index is 9.57. The van der Waals surface area contributed by atoms with Gasteiger partial charge >= 0.3 is 0 Å². The van der Waals surface area contributed by atoms with Crippen LogP contribution in [-0.4, -0.2) is 32.3 Å². The fourth-order valence-electron chi connectivity index (χ4n) is 4.10. The van der Waals surface area contributed by atoms with Gasteiger partial charge in [0.05, 0.1) is 14.2 Å². The van der Waals surface area contributed by atoms with E-state index >= 15 is 0 Å². The molecule has 1 aliphatic rings. The number of oxazole rings is 1. The average Bonchev–Trinajstić information content (AvgIpc) is 3.27. The topological polar surface area (TPSA) is 71.5 Å². The SMILES string of the molecule is COc1ccc(C=Cc2nc(C#N)c(N3CCC(Cc4ccccc4)CC3)o2)cc1OC. The number of methoxy groups -OCH3 is 2. The summed E-state index contributed by atoms with van der Waals surface area (Å²) in [7, 11) is 3.21. The standard InChI is InChI=1S/C26H27N3O3/c1-30-23-10-8-20(17-24(23)31-2)9-11-25-28-22(18-27)26(32-25)29-14-12-21(13-15-29)16-19-6-4-3-5-7-19/h3-11,17,21H,12-16H2,1-2H3. The molecule has 0 unspecified atom stereocenters. The number of benzene rings is 2. The molecule has 0 bridgehead atoms. The van der Waals surface area contributed by atoms with Crippen molar-refractivity contribution >= 4 is 18.0 Å². The molecule has 32 heavy (non-hydrogen) atoms. The number of hydrogen-bond donors (Lipinski definition) is 0. The molecule has 164 valence electrons. The molecule has 3 aromatic rings. The zero-order chi connectivity index (χ0) is 22.3. The van der Waals surface area contributed by atoms with Crippen LogP contribution in [0.5, 0.6) is 11.5 Å². The van der Waals surface area contributed by atoms with Gasteiger partial charge in [-0.1, -0.05) is 36.4 Å². The first-order valence-electron chi connectivity index (χ1n) is 10.8. The van der Waals surface area contributed by atoms with Gasteiger partial charge in [-0.15, -0.1) is 0 Å². The lowest BCUT2D eigenvalue weighted by molar-refractivity contribution is 0.355. The highest BCUT2D eigenvalue weighted by molar-refractivity contribution is 5.69. The third-order valence-electron chi connectivity index (χ3n) is 5.83. The van der Waals surface area contributed by atoms with Crippen molar-refractivity contribution in [3.63, 3.8) is 0 Å². The first kappa shape index (κ1) is 21.5. The summed E-state index contributed by atoms with van der Waals surface area (Å²) in [4.78, 5) is 6.51. The summed E-state index contributed by atoms with van der Waals surface area (Å²) in [5, 5.41) is 9.57. The number of anilines is 1. The number of rotatable bonds is 7. The molecule has 0 spiro atoms. The molecule has 2 heterocycles. The average molecular weight is 430 g/mol. The maximum Gasteiger partial charge on any atom is 0.235 e. The van der Waals surface area contributed by atoms with Crippen LogP contribution in [0.1, 0.15) is 35.6 Å². The van der Waals surface area contributed by atoms with Gasteiger partial charge in [-0.2, -0.15) is 10.2 Å². The van der Waals surface area contributed by atoms with E-state index in [1.54, 1.807) is 20.3 Å². The molecular formula is C26H27N3O3. The van der Waals surface area contributed by atoms with E-state index in [2.05, 4.69) is 46.3 Å². The lowest BCUT2D eigenvalue weighted by Crippen LogP contribution is -2.34. The molecular weight excluding hydrogens is 402 g/mol. The summed E-state index contributed by atoms with van der Waals surface area (Å²) in [6.45, 7) is 1.72. The molecule has 1 fully saturated rings. The molecule has 1 aromatic heterocycles. The molecule has 1 saturated heterocycles. The molecule has 0 amide bonds. The molecule has 2 aromatic carbocycles. The second-order valence-electron chi connectivity index (χ2n) is 7.89. The van der Waals surface area contributed by atoms with Gasteiger partial charge in [-0.05, 0) is 54.5 Å². The lowest BCUT2D eigenvalue weighted by atomic mass is 9.90. The largest absolute Gasteiger partial charge is 0.493 e. The van der Waals surface area contributed by atoms with Crippen molar-refractivity contribution in [2.75, 3.05) is 32.2 Å². The number of aromatic nitrogens is 1. The zero-order valence-corrected chi connectivity index (χ0v) is 18.5. The van der Waals surface area contributed by atoms with Gasteiger partial charge in [0.1, 0.15) is 6.07 Å². The smallest absolute Gasteiger partial charge is 0.235 e. The Hall–Kier alpha value is -3.72. The second kappa shape index (κ2) is 10.1. The summed E-state index contributed by atoms with van der Waals surface area (Å²) < 4.78 is 16.6. The molecule has 0 N–H and O–H groups in total. The normalized spacial score (nSPS) is 14.5. The Morgan fingerprint density at radius 2 is 1.81 bits per heavy atom. The van der Waals surface area contributed by atoms with Crippen molar-refractivity contribution < 1.29 is 13.9 Å². The first-order chi connectivity index (χ1) is 15.7. The molecule has 1 aliphatic heterocycles. The van der Waals surface area contributed by atoms with E-state index in [-0.39, 0.29) is 0 Å². The van der Waals surface area contributed by atoms with Crippen LogP contribution in [0.4, 0.5) is 5.88 Å². The van der Waals surface area contributed by atoms with Gasteiger partial charge in [0.2, 0.25) is 17.5 Å². The predicted octanol–water partition coefficient (Wildman–Crippen LogP) is 5.19. The van der Waals surface area contributed by atoms with E-state index in [0.717, 1.165) is 37.9 Å². The van der Waals surface area contributed by atoms with Crippen LogP contribution in [0.25, 0.3) is 12.2 Å². The maximum atomic E-state index is 9.57. The highest BCUT2D eigenvalue weighted by atomic mass is 16.5. The number of hydrogen-bond acceptors (Lipinski definition) is 6. The Morgan fingerprint density at radius 3 is 2.50 bits per heavy atom. The quantitative estimate of drug-likeness (QED) is 0.514. The Morgan fingerprint density at radius 1 is 1.06 bits per heavy atom. The number of nitrogens with zero attached hydrogens (tertiary/aromatic N) is 3. The summed E-state index contributed by atoms with van der Waals surface area (Å²) in [5.41, 5.74) is 2.63. The van der Waals surface area contributed by atoms with Gasteiger partial charge in [0.15, 0.2) is 11.5 Å². The summed E-state index contributed by atoms with van der Waals surface area (Å²) in [6, 6.07) is 18.4. The van der Waals surface area contributed by atoms with Crippen LogP contribution in [0, 0.1) is 17.2 Å². The zero-order valence-electron chi connectivity index (χ0n) is 18.5. The molecule has 0 aliphatic carbocycles. The van der Waals surface area contributed by atoms with Crippen LogP contribution in [0.15, 0.2) is 52.9 Å². The highest BCUT2D eigenvalue weighted by Crippen LogP contribution is 2.30. The molecule has 6 heteroatoms. The molecule has 4 rings (SSSR count). The van der Waals surface area contributed by atoms with Crippen LogP contribution in [0.3, 0.4) is 0 Å². The Bertz CT molecular complexity index is 1110. The van der Waals surface area contributed by atoms with Crippen LogP contribution >= 0.6 is 0 Å². The third-order valence-corrected chi connectivity index (χ3v) is 5.83. The van der Waals surface area contributed by atoms with Crippen molar-refractivity contribution in [2.24, 2.45) is 5.92 Å². The van der Waals surface area contributed by atoms with Gasteiger partial charge in [-0.3, -0.25) is 0 Å². The third kappa shape index (κ3) is 4.94. The minimum Gasteiger partial charge on any atom is -0.493 e. The minimum atomic E-state index is 0.332. The molecule has 6 nitrogen and oxygen atoms in total. The fourth-order valence-corrected chi connectivity index (χ4v) is 4.10. The van der Waals surface area contributed by atoms with Gasteiger partial charge in [0.25, 0.3) is 0 Å². The van der Waals surface area contributed by atoms with Crippen molar-refractivity contribution in [2.45, 2.75) is 19.3 Å². The van der Waals surface area contributed by atoms with E-state index < -0.39 is 0 Å². The predicted molar refractivity (Wildman–Crippen MR) is 125 cm³/mol. The Labute approximate surface area is 188 Å². The van der Waals surface area contributed by atoms with Crippen molar-refractivity contribution in [3.8, 4) is 17.6 Å². The van der Waals surface area contributed by atoms with E-state index in [1.165, 1.54) is 5.56 Å². The van der Waals surface area contributed by atoms with Gasteiger partial charge < -0.3 is 18.8 Å². The van der Waals surface area contributed by atoms with Crippen LogP contribution in [-0.2, 0) is 6.42 Å². The highest BCUT2D eigenvalue weighted by Gasteiger charge is 2.25.